The maximum atomic E-state index is 11.2. The van der Waals surface area contributed by atoms with Gasteiger partial charge in [-0.2, -0.15) is 4.98 Å². The minimum Gasteiger partial charge on any atom is -0.481 e. The summed E-state index contributed by atoms with van der Waals surface area (Å²) >= 11 is 0. The molecule has 1 N–H and O–H groups in total. The van der Waals surface area contributed by atoms with Crippen molar-refractivity contribution in [2.75, 3.05) is 18.0 Å². The first-order valence-electron chi connectivity index (χ1n) is 12.0. The van der Waals surface area contributed by atoms with Crippen molar-refractivity contribution >= 4 is 28.6 Å². The van der Waals surface area contributed by atoms with Gasteiger partial charge < -0.3 is 10.0 Å². The van der Waals surface area contributed by atoms with E-state index in [1.165, 1.54) is 5.56 Å². The topological polar surface area (TPSA) is 96.5 Å². The van der Waals surface area contributed by atoms with Gasteiger partial charge in [-0.3, -0.25) is 4.79 Å². The van der Waals surface area contributed by atoms with Gasteiger partial charge in [0.1, 0.15) is 0 Å². The quantitative estimate of drug-likeness (QED) is 0.447. The van der Waals surface area contributed by atoms with Gasteiger partial charge in [0.15, 0.2) is 11.3 Å². The molecular weight excluding hydrogens is 428 g/mol. The lowest BCUT2D eigenvalue weighted by atomic mass is 10.00. The molecule has 0 radical (unpaired) electrons. The molecule has 1 fully saturated rings. The highest BCUT2D eigenvalue weighted by Gasteiger charge is 2.23. The molecule has 4 aromatic rings. The molecule has 1 aliphatic rings. The molecule has 0 amide bonds. The average Bonchev–Trinajstić information content (AvgIpc) is 3.47. The van der Waals surface area contributed by atoms with E-state index in [1.807, 2.05) is 18.4 Å². The lowest BCUT2D eigenvalue weighted by Crippen LogP contribution is -2.20. The van der Waals surface area contributed by atoms with E-state index in [0.717, 1.165) is 59.5 Å². The van der Waals surface area contributed by atoms with Gasteiger partial charge in [-0.05, 0) is 50.2 Å². The first kappa shape index (κ1) is 22.3. The maximum absolute atomic E-state index is 11.2. The first-order chi connectivity index (χ1) is 16.3. The number of carboxylic acids is 1. The lowest BCUT2D eigenvalue weighted by Gasteiger charge is -2.16. The fourth-order valence-corrected chi connectivity index (χ4v) is 4.80. The van der Waals surface area contributed by atoms with E-state index in [2.05, 4.69) is 43.0 Å². The molecule has 0 bridgehead atoms. The van der Waals surface area contributed by atoms with E-state index in [-0.39, 0.29) is 6.42 Å². The molecule has 4 heterocycles. The zero-order chi connectivity index (χ0) is 24.0. The summed E-state index contributed by atoms with van der Waals surface area (Å²) < 4.78 is 1.81. The number of nitrogens with zero attached hydrogens (tertiary/aromatic N) is 6. The van der Waals surface area contributed by atoms with Gasteiger partial charge >= 0.3 is 5.97 Å². The number of aliphatic carboxylic acids is 1. The molecule has 0 unspecified atom stereocenters. The Bertz CT molecular complexity index is 1380. The normalized spacial score (nSPS) is 14.1. The van der Waals surface area contributed by atoms with Crippen LogP contribution in [0.4, 0.5) is 5.95 Å². The Morgan fingerprint density at radius 1 is 1.06 bits per heavy atom. The number of hydrogen-bond donors (Lipinski definition) is 1. The summed E-state index contributed by atoms with van der Waals surface area (Å²) in [4.78, 5) is 28.1. The molecule has 0 atom stereocenters. The number of carbonyl (C=O) groups is 1. The number of carboxylic acid groups (broad SMARTS) is 1. The standard InChI is InChI=1S/C26H30N6O2/c1-15(2)18-7-9-19(10-8-18)23-22-24(29-26(28-23)31-13-5-6-14-31)30-32-17(4)20(11-12-21(33)34)16(3)27-25(22)32/h7-10,15H,5-6,11-14H2,1-4H3,(H,33,34). The van der Waals surface area contributed by atoms with Gasteiger partial charge in [0.05, 0.1) is 11.1 Å². The van der Waals surface area contributed by atoms with Crippen molar-refractivity contribution < 1.29 is 9.90 Å². The van der Waals surface area contributed by atoms with E-state index in [1.54, 1.807) is 0 Å². The van der Waals surface area contributed by atoms with Gasteiger partial charge in [0.2, 0.25) is 5.95 Å². The molecule has 0 saturated carbocycles. The summed E-state index contributed by atoms with van der Waals surface area (Å²) in [6, 6.07) is 8.55. The van der Waals surface area contributed by atoms with Crippen LogP contribution in [0.2, 0.25) is 0 Å². The van der Waals surface area contributed by atoms with Gasteiger partial charge in [-0.25, -0.2) is 14.5 Å². The molecule has 1 aliphatic heterocycles. The number of benzene rings is 1. The molecule has 0 spiro atoms. The number of hydrogen-bond acceptors (Lipinski definition) is 6. The van der Waals surface area contributed by atoms with Crippen LogP contribution < -0.4 is 4.90 Å². The Kier molecular flexibility index (Phi) is 5.67. The zero-order valence-corrected chi connectivity index (χ0v) is 20.2. The molecule has 1 saturated heterocycles. The van der Waals surface area contributed by atoms with Crippen LogP contribution in [-0.4, -0.2) is 48.7 Å². The number of fused-ring (bicyclic) bond motifs is 3. The highest BCUT2D eigenvalue weighted by Crippen LogP contribution is 2.33. The number of aryl methyl sites for hydroxylation is 2. The average molecular weight is 459 g/mol. The van der Waals surface area contributed by atoms with E-state index in [0.29, 0.717) is 29.6 Å². The molecule has 1 aromatic carbocycles. The van der Waals surface area contributed by atoms with Gasteiger partial charge in [0.25, 0.3) is 0 Å². The molecule has 34 heavy (non-hydrogen) atoms. The van der Waals surface area contributed by atoms with Gasteiger partial charge in [0, 0.05) is 36.5 Å². The van der Waals surface area contributed by atoms with Crippen LogP contribution in [-0.2, 0) is 11.2 Å². The molecule has 3 aromatic heterocycles. The summed E-state index contributed by atoms with van der Waals surface area (Å²) in [5.74, 6) is 0.336. The van der Waals surface area contributed by atoms with Crippen LogP contribution in [0.1, 0.15) is 61.5 Å². The van der Waals surface area contributed by atoms with Gasteiger partial charge in [-0.15, -0.1) is 5.10 Å². The van der Waals surface area contributed by atoms with Crippen LogP contribution >= 0.6 is 0 Å². The molecular formula is C26H30N6O2. The van der Waals surface area contributed by atoms with Crippen molar-refractivity contribution in [2.24, 2.45) is 0 Å². The van der Waals surface area contributed by atoms with E-state index in [9.17, 15) is 4.79 Å². The second-order valence-corrected chi connectivity index (χ2v) is 9.43. The summed E-state index contributed by atoms with van der Waals surface area (Å²) in [6.45, 7) is 10.2. The van der Waals surface area contributed by atoms with Crippen LogP contribution in [0.3, 0.4) is 0 Å². The van der Waals surface area contributed by atoms with Crippen LogP contribution in [0.5, 0.6) is 0 Å². The lowest BCUT2D eigenvalue weighted by molar-refractivity contribution is -0.136. The van der Waals surface area contributed by atoms with E-state index in [4.69, 9.17) is 25.2 Å². The molecule has 0 aliphatic carbocycles. The third-order valence-electron chi connectivity index (χ3n) is 6.79. The summed E-state index contributed by atoms with van der Waals surface area (Å²) in [7, 11) is 0. The maximum Gasteiger partial charge on any atom is 0.303 e. The largest absolute Gasteiger partial charge is 0.481 e. The summed E-state index contributed by atoms with van der Waals surface area (Å²) in [5, 5.41) is 14.8. The SMILES string of the molecule is Cc1nc2c3c(-c4ccc(C(C)C)cc4)nc(N4CCCC4)nc3nn2c(C)c1CCC(=O)O. The third kappa shape index (κ3) is 3.87. The van der Waals surface area contributed by atoms with Crippen LogP contribution in [0.15, 0.2) is 24.3 Å². The molecule has 5 rings (SSSR count). The molecule has 8 nitrogen and oxygen atoms in total. The van der Waals surface area contributed by atoms with Crippen molar-refractivity contribution in [3.63, 3.8) is 0 Å². The Morgan fingerprint density at radius 3 is 2.41 bits per heavy atom. The zero-order valence-electron chi connectivity index (χ0n) is 20.2. The van der Waals surface area contributed by atoms with E-state index >= 15 is 0 Å². The van der Waals surface area contributed by atoms with Crippen molar-refractivity contribution in [1.82, 2.24) is 24.6 Å². The molecule has 8 heteroatoms. The fraction of sp³-hybridized carbons (Fsp3) is 0.423. The second-order valence-electron chi connectivity index (χ2n) is 9.43. The smallest absolute Gasteiger partial charge is 0.303 e. The highest BCUT2D eigenvalue weighted by atomic mass is 16.4. The Balaban J connectivity index is 1.75. The minimum atomic E-state index is -0.822. The summed E-state index contributed by atoms with van der Waals surface area (Å²) in [5.41, 5.74) is 7.08. The van der Waals surface area contributed by atoms with Crippen molar-refractivity contribution in [3.8, 4) is 11.3 Å². The Hall–Kier alpha value is -3.55. The fourth-order valence-electron chi connectivity index (χ4n) is 4.80. The number of anilines is 1. The van der Waals surface area contributed by atoms with Crippen LogP contribution in [0.25, 0.3) is 27.9 Å². The highest BCUT2D eigenvalue weighted by molar-refractivity contribution is 6.01. The van der Waals surface area contributed by atoms with E-state index < -0.39 is 5.97 Å². The predicted molar refractivity (Wildman–Crippen MR) is 132 cm³/mol. The Morgan fingerprint density at radius 2 is 1.76 bits per heavy atom. The third-order valence-corrected chi connectivity index (χ3v) is 6.79. The van der Waals surface area contributed by atoms with Gasteiger partial charge in [-0.1, -0.05) is 38.1 Å². The van der Waals surface area contributed by atoms with Crippen molar-refractivity contribution in [2.45, 2.75) is 59.3 Å². The monoisotopic (exact) mass is 458 g/mol. The number of aromatic nitrogens is 5. The first-order valence-corrected chi connectivity index (χ1v) is 12.0. The summed E-state index contributed by atoms with van der Waals surface area (Å²) in [6.07, 6.45) is 2.75. The van der Waals surface area contributed by atoms with Crippen molar-refractivity contribution in [3.05, 3.63) is 46.8 Å². The predicted octanol–water partition coefficient (Wildman–Crippen LogP) is 4.70. The van der Waals surface area contributed by atoms with Crippen molar-refractivity contribution in [1.29, 1.82) is 0 Å². The Labute approximate surface area is 198 Å². The molecule has 176 valence electrons. The minimum absolute atomic E-state index is 0.0576. The number of rotatable bonds is 6. The second kappa shape index (κ2) is 8.66. The van der Waals surface area contributed by atoms with Crippen LogP contribution in [0, 0.1) is 13.8 Å².